The van der Waals surface area contributed by atoms with Crippen LogP contribution in [-0.4, -0.2) is 21.1 Å². The van der Waals surface area contributed by atoms with Crippen LogP contribution in [0.2, 0.25) is 0 Å². The predicted molar refractivity (Wildman–Crippen MR) is 85.6 cm³/mol. The van der Waals surface area contributed by atoms with Crippen molar-refractivity contribution in [3.63, 3.8) is 0 Å². The van der Waals surface area contributed by atoms with Crippen LogP contribution >= 0.6 is 0 Å². The van der Waals surface area contributed by atoms with Gasteiger partial charge >= 0.3 is 6.18 Å². The number of aromatic amines is 1. The molecule has 25 heavy (non-hydrogen) atoms. The minimum atomic E-state index is -4.57. The number of carbonyl (C=O) groups is 1. The van der Waals surface area contributed by atoms with Gasteiger partial charge in [0.25, 0.3) is 0 Å². The van der Waals surface area contributed by atoms with E-state index >= 15 is 0 Å². The molecule has 3 rings (SSSR count). The van der Waals surface area contributed by atoms with E-state index in [1.165, 1.54) is 0 Å². The molecule has 0 saturated carbocycles. The fourth-order valence-corrected chi connectivity index (χ4v) is 2.21. The summed E-state index contributed by atoms with van der Waals surface area (Å²) in [5.74, 6) is -1.39. The zero-order valence-electron chi connectivity index (χ0n) is 12.8. The molecule has 1 amide bonds. The molecular weight excluding hydrogens is 333 g/mol. The van der Waals surface area contributed by atoms with E-state index in [1.54, 1.807) is 24.3 Å². The molecule has 0 saturated heterocycles. The first-order chi connectivity index (χ1) is 11.9. The summed E-state index contributed by atoms with van der Waals surface area (Å²) in [4.78, 5) is 15.4. The Morgan fingerprint density at radius 3 is 2.32 bits per heavy atom. The SMILES string of the molecule is O=C(Cc1ccccc1)Nc1ccc(-c2n[nH]c(C(F)(F)F)n2)cc1. The fraction of sp³-hybridized carbons (Fsp3) is 0.118. The molecule has 1 aromatic heterocycles. The topological polar surface area (TPSA) is 70.7 Å². The third kappa shape index (κ3) is 4.23. The smallest absolute Gasteiger partial charge is 0.326 e. The van der Waals surface area contributed by atoms with Gasteiger partial charge in [-0.05, 0) is 29.8 Å². The molecule has 0 spiro atoms. The van der Waals surface area contributed by atoms with Crippen LogP contribution in [0.3, 0.4) is 0 Å². The predicted octanol–water partition coefficient (Wildman–Crippen LogP) is 3.67. The first-order valence-corrected chi connectivity index (χ1v) is 7.35. The minimum Gasteiger partial charge on any atom is -0.326 e. The third-order valence-electron chi connectivity index (χ3n) is 3.39. The zero-order chi connectivity index (χ0) is 17.9. The summed E-state index contributed by atoms with van der Waals surface area (Å²) in [5, 5.41) is 8.15. The lowest BCUT2D eigenvalue weighted by molar-refractivity contribution is -0.144. The molecule has 0 aliphatic heterocycles. The maximum atomic E-state index is 12.5. The number of H-pyrrole nitrogens is 1. The molecule has 2 aromatic carbocycles. The van der Waals surface area contributed by atoms with Crippen molar-refractivity contribution >= 4 is 11.6 Å². The fourth-order valence-electron chi connectivity index (χ4n) is 2.21. The highest BCUT2D eigenvalue weighted by atomic mass is 19.4. The van der Waals surface area contributed by atoms with Crippen molar-refractivity contribution in [3.8, 4) is 11.4 Å². The number of carbonyl (C=O) groups excluding carboxylic acids is 1. The molecule has 0 unspecified atom stereocenters. The standard InChI is InChI=1S/C17H13F3N4O/c18-17(19,20)16-22-15(23-24-16)12-6-8-13(9-7-12)21-14(25)10-11-4-2-1-3-5-11/h1-9H,10H2,(H,21,25)(H,22,23,24). The number of benzene rings is 2. The number of anilines is 1. The molecule has 5 nitrogen and oxygen atoms in total. The van der Waals surface area contributed by atoms with Gasteiger partial charge in [-0.25, -0.2) is 4.98 Å². The Labute approximate surface area is 140 Å². The highest BCUT2D eigenvalue weighted by Crippen LogP contribution is 2.27. The Balaban J connectivity index is 1.66. The number of rotatable bonds is 4. The zero-order valence-corrected chi connectivity index (χ0v) is 12.8. The second kappa shape index (κ2) is 6.76. The van der Waals surface area contributed by atoms with Gasteiger partial charge in [0.15, 0.2) is 5.82 Å². The van der Waals surface area contributed by atoms with Crippen molar-refractivity contribution in [2.75, 3.05) is 5.32 Å². The lowest BCUT2D eigenvalue weighted by Gasteiger charge is -2.06. The largest absolute Gasteiger partial charge is 0.451 e. The Hall–Kier alpha value is -3.16. The van der Waals surface area contributed by atoms with Gasteiger partial charge in [-0.1, -0.05) is 30.3 Å². The Morgan fingerprint density at radius 2 is 1.72 bits per heavy atom. The molecule has 0 bridgehead atoms. The second-order valence-electron chi connectivity index (χ2n) is 5.29. The average Bonchev–Trinajstić information content (AvgIpc) is 3.07. The van der Waals surface area contributed by atoms with Crippen LogP contribution in [0.1, 0.15) is 11.4 Å². The maximum Gasteiger partial charge on any atom is 0.451 e. The van der Waals surface area contributed by atoms with Crippen molar-refractivity contribution in [1.29, 1.82) is 0 Å². The molecule has 0 aliphatic carbocycles. The maximum absolute atomic E-state index is 12.5. The summed E-state index contributed by atoms with van der Waals surface area (Å²) in [6, 6.07) is 15.5. The second-order valence-corrected chi connectivity index (χ2v) is 5.29. The van der Waals surface area contributed by atoms with Crippen molar-refractivity contribution in [2.24, 2.45) is 0 Å². The van der Waals surface area contributed by atoms with E-state index in [2.05, 4.69) is 15.4 Å². The van der Waals surface area contributed by atoms with Gasteiger partial charge in [0.2, 0.25) is 11.7 Å². The molecule has 0 aliphatic rings. The van der Waals surface area contributed by atoms with Crippen LogP contribution in [0.15, 0.2) is 54.6 Å². The molecule has 0 fully saturated rings. The number of amides is 1. The summed E-state index contributed by atoms with van der Waals surface area (Å²) in [6.07, 6.45) is -4.34. The van der Waals surface area contributed by atoms with Gasteiger partial charge < -0.3 is 5.32 Å². The number of aromatic nitrogens is 3. The van der Waals surface area contributed by atoms with Crippen molar-refractivity contribution in [2.45, 2.75) is 12.6 Å². The molecule has 3 aromatic rings. The Morgan fingerprint density at radius 1 is 1.04 bits per heavy atom. The van der Waals surface area contributed by atoms with E-state index in [9.17, 15) is 18.0 Å². The molecule has 128 valence electrons. The number of halogens is 3. The molecular formula is C17H13F3N4O. The quantitative estimate of drug-likeness (QED) is 0.757. The summed E-state index contributed by atoms with van der Waals surface area (Å²) in [5.41, 5.74) is 1.83. The summed E-state index contributed by atoms with van der Waals surface area (Å²) < 4.78 is 37.6. The van der Waals surface area contributed by atoms with Crippen LogP contribution in [0.4, 0.5) is 18.9 Å². The third-order valence-corrected chi connectivity index (χ3v) is 3.39. The van der Waals surface area contributed by atoms with E-state index in [4.69, 9.17) is 0 Å². The van der Waals surface area contributed by atoms with Crippen molar-refractivity contribution in [1.82, 2.24) is 15.2 Å². The van der Waals surface area contributed by atoms with Crippen LogP contribution in [0.5, 0.6) is 0 Å². The van der Waals surface area contributed by atoms with Crippen LogP contribution < -0.4 is 5.32 Å². The number of nitrogens with zero attached hydrogens (tertiary/aromatic N) is 2. The van der Waals surface area contributed by atoms with Crippen LogP contribution in [-0.2, 0) is 17.4 Å². The first-order valence-electron chi connectivity index (χ1n) is 7.35. The van der Waals surface area contributed by atoms with Crippen LogP contribution in [0.25, 0.3) is 11.4 Å². The van der Waals surface area contributed by atoms with Gasteiger partial charge in [-0.3, -0.25) is 9.89 Å². The molecule has 1 heterocycles. The molecule has 0 atom stereocenters. The summed E-state index contributed by atoms with van der Waals surface area (Å²) in [7, 11) is 0. The monoisotopic (exact) mass is 346 g/mol. The van der Waals surface area contributed by atoms with Crippen molar-refractivity contribution < 1.29 is 18.0 Å². The number of hydrogen-bond acceptors (Lipinski definition) is 3. The van der Waals surface area contributed by atoms with Gasteiger partial charge in [0.1, 0.15) is 0 Å². The molecule has 2 N–H and O–H groups in total. The van der Waals surface area contributed by atoms with Crippen molar-refractivity contribution in [3.05, 3.63) is 66.0 Å². The lowest BCUT2D eigenvalue weighted by atomic mass is 10.1. The number of nitrogens with one attached hydrogen (secondary N) is 2. The van der Waals surface area contributed by atoms with E-state index in [-0.39, 0.29) is 18.2 Å². The number of hydrogen-bond donors (Lipinski definition) is 2. The Bertz CT molecular complexity index is 858. The van der Waals surface area contributed by atoms with Gasteiger partial charge in [0.05, 0.1) is 6.42 Å². The van der Waals surface area contributed by atoms with Crippen LogP contribution in [0, 0.1) is 0 Å². The number of alkyl halides is 3. The van der Waals surface area contributed by atoms with Gasteiger partial charge in [-0.15, -0.1) is 0 Å². The van der Waals surface area contributed by atoms with E-state index in [0.717, 1.165) is 5.56 Å². The molecule has 8 heteroatoms. The first kappa shape index (κ1) is 16.7. The van der Waals surface area contributed by atoms with Gasteiger partial charge in [0, 0.05) is 11.3 Å². The summed E-state index contributed by atoms with van der Waals surface area (Å²) >= 11 is 0. The highest BCUT2D eigenvalue weighted by molar-refractivity contribution is 5.92. The minimum absolute atomic E-state index is 0.0607. The lowest BCUT2D eigenvalue weighted by Crippen LogP contribution is -2.14. The normalized spacial score (nSPS) is 11.3. The summed E-state index contributed by atoms with van der Waals surface area (Å²) in [6.45, 7) is 0. The van der Waals surface area contributed by atoms with E-state index in [0.29, 0.717) is 11.3 Å². The Kier molecular flexibility index (Phi) is 4.51. The van der Waals surface area contributed by atoms with E-state index < -0.39 is 12.0 Å². The van der Waals surface area contributed by atoms with Gasteiger partial charge in [-0.2, -0.15) is 18.3 Å². The molecule has 0 radical (unpaired) electrons. The average molecular weight is 346 g/mol. The van der Waals surface area contributed by atoms with E-state index in [1.807, 2.05) is 35.4 Å². The highest BCUT2D eigenvalue weighted by Gasteiger charge is 2.35.